The standard InChI is InChI=1S/C12H11N3O2/c1-7-4-3-5-10(14-7)11-13-6-9(12(16)17)8(2)15-11/h3-6H,1-2H3,(H,16,17). The van der Waals surface area contributed by atoms with Crippen LogP contribution in [-0.4, -0.2) is 26.0 Å². The molecule has 86 valence electrons. The van der Waals surface area contributed by atoms with Crippen molar-refractivity contribution in [3.63, 3.8) is 0 Å². The summed E-state index contributed by atoms with van der Waals surface area (Å²) in [6.07, 6.45) is 1.31. The smallest absolute Gasteiger partial charge is 0.339 e. The monoisotopic (exact) mass is 229 g/mol. The average molecular weight is 229 g/mol. The molecule has 5 heteroatoms. The number of aromatic nitrogens is 3. The molecule has 0 aliphatic rings. The number of rotatable bonds is 2. The summed E-state index contributed by atoms with van der Waals surface area (Å²) in [5.74, 6) is -0.581. The van der Waals surface area contributed by atoms with Gasteiger partial charge in [-0.3, -0.25) is 0 Å². The third kappa shape index (κ3) is 2.28. The first-order valence-corrected chi connectivity index (χ1v) is 5.09. The van der Waals surface area contributed by atoms with Crippen LogP contribution >= 0.6 is 0 Å². The third-order valence-electron chi connectivity index (χ3n) is 2.33. The van der Waals surface area contributed by atoms with Crippen LogP contribution in [0.3, 0.4) is 0 Å². The van der Waals surface area contributed by atoms with Crippen LogP contribution in [0.4, 0.5) is 0 Å². The summed E-state index contributed by atoms with van der Waals surface area (Å²) in [5.41, 5.74) is 2.06. The molecular weight excluding hydrogens is 218 g/mol. The van der Waals surface area contributed by atoms with Crippen molar-refractivity contribution >= 4 is 5.97 Å². The normalized spacial score (nSPS) is 10.2. The van der Waals surface area contributed by atoms with Gasteiger partial charge in [-0.2, -0.15) is 0 Å². The first-order valence-electron chi connectivity index (χ1n) is 5.09. The van der Waals surface area contributed by atoms with Crippen LogP contribution in [-0.2, 0) is 0 Å². The summed E-state index contributed by atoms with van der Waals surface area (Å²) < 4.78 is 0. The molecule has 0 bridgehead atoms. The van der Waals surface area contributed by atoms with E-state index in [0.717, 1.165) is 5.69 Å². The Bertz CT molecular complexity index is 582. The molecular formula is C12H11N3O2. The number of nitrogens with zero attached hydrogens (tertiary/aromatic N) is 3. The van der Waals surface area contributed by atoms with E-state index in [9.17, 15) is 4.79 Å². The van der Waals surface area contributed by atoms with Gasteiger partial charge in [0.1, 0.15) is 5.69 Å². The van der Waals surface area contributed by atoms with Crippen molar-refractivity contribution in [3.05, 3.63) is 41.3 Å². The molecule has 0 aromatic carbocycles. The summed E-state index contributed by atoms with van der Waals surface area (Å²) >= 11 is 0. The zero-order valence-electron chi connectivity index (χ0n) is 9.51. The molecule has 1 N–H and O–H groups in total. The Morgan fingerprint density at radius 2 is 2.00 bits per heavy atom. The second kappa shape index (κ2) is 4.29. The quantitative estimate of drug-likeness (QED) is 0.850. The summed E-state index contributed by atoms with van der Waals surface area (Å²) in [7, 11) is 0. The number of pyridine rings is 1. The fourth-order valence-electron chi connectivity index (χ4n) is 1.47. The van der Waals surface area contributed by atoms with E-state index in [1.807, 2.05) is 19.1 Å². The zero-order valence-corrected chi connectivity index (χ0v) is 9.51. The molecule has 5 nitrogen and oxygen atoms in total. The van der Waals surface area contributed by atoms with E-state index in [4.69, 9.17) is 5.11 Å². The Morgan fingerprint density at radius 3 is 2.59 bits per heavy atom. The lowest BCUT2D eigenvalue weighted by molar-refractivity contribution is 0.0695. The molecule has 17 heavy (non-hydrogen) atoms. The third-order valence-corrected chi connectivity index (χ3v) is 2.33. The van der Waals surface area contributed by atoms with Gasteiger partial charge in [0.05, 0.1) is 11.3 Å². The molecule has 0 saturated carbocycles. The minimum Gasteiger partial charge on any atom is -0.478 e. The van der Waals surface area contributed by atoms with Crippen molar-refractivity contribution in [2.45, 2.75) is 13.8 Å². The van der Waals surface area contributed by atoms with Crippen molar-refractivity contribution in [1.29, 1.82) is 0 Å². The molecule has 0 fully saturated rings. The lowest BCUT2D eigenvalue weighted by Gasteiger charge is -2.03. The lowest BCUT2D eigenvalue weighted by Crippen LogP contribution is -2.04. The maximum Gasteiger partial charge on any atom is 0.339 e. The van der Waals surface area contributed by atoms with Crippen molar-refractivity contribution < 1.29 is 9.90 Å². The summed E-state index contributed by atoms with van der Waals surface area (Å²) in [5, 5.41) is 8.88. The summed E-state index contributed by atoms with van der Waals surface area (Å²) in [6.45, 7) is 3.52. The van der Waals surface area contributed by atoms with E-state index in [1.165, 1.54) is 6.20 Å². The largest absolute Gasteiger partial charge is 0.478 e. The Balaban J connectivity index is 2.48. The van der Waals surface area contributed by atoms with Gasteiger partial charge in [-0.05, 0) is 26.0 Å². The van der Waals surface area contributed by atoms with Crippen molar-refractivity contribution in [2.24, 2.45) is 0 Å². The van der Waals surface area contributed by atoms with E-state index in [1.54, 1.807) is 13.0 Å². The Kier molecular flexibility index (Phi) is 2.82. The molecule has 0 spiro atoms. The molecule has 2 heterocycles. The van der Waals surface area contributed by atoms with E-state index >= 15 is 0 Å². The first-order chi connectivity index (χ1) is 8.08. The van der Waals surface area contributed by atoms with Gasteiger partial charge in [-0.1, -0.05) is 6.07 Å². The van der Waals surface area contributed by atoms with Crippen LogP contribution in [0.5, 0.6) is 0 Å². The van der Waals surface area contributed by atoms with Gasteiger partial charge in [0.25, 0.3) is 0 Å². The highest BCUT2D eigenvalue weighted by atomic mass is 16.4. The molecule has 0 unspecified atom stereocenters. The van der Waals surface area contributed by atoms with E-state index in [2.05, 4.69) is 15.0 Å². The number of aryl methyl sites for hydroxylation is 2. The Morgan fingerprint density at radius 1 is 1.24 bits per heavy atom. The molecule has 2 rings (SSSR count). The molecule has 0 radical (unpaired) electrons. The predicted octanol–water partition coefficient (Wildman–Crippen LogP) is 1.85. The number of aromatic carboxylic acids is 1. The summed E-state index contributed by atoms with van der Waals surface area (Å²) in [6, 6.07) is 5.53. The highest BCUT2D eigenvalue weighted by Crippen LogP contribution is 2.14. The zero-order chi connectivity index (χ0) is 12.4. The van der Waals surface area contributed by atoms with E-state index in [-0.39, 0.29) is 5.56 Å². The van der Waals surface area contributed by atoms with Crippen LogP contribution in [0.1, 0.15) is 21.7 Å². The topological polar surface area (TPSA) is 76.0 Å². The number of hydrogen-bond donors (Lipinski definition) is 1. The maximum atomic E-state index is 10.8. The Labute approximate surface area is 98.2 Å². The van der Waals surface area contributed by atoms with Crippen molar-refractivity contribution in [2.75, 3.05) is 0 Å². The van der Waals surface area contributed by atoms with Crippen molar-refractivity contribution in [1.82, 2.24) is 15.0 Å². The molecule has 0 aliphatic heterocycles. The number of hydrogen-bond acceptors (Lipinski definition) is 4. The maximum absolute atomic E-state index is 10.8. The minimum atomic E-state index is -1.02. The highest BCUT2D eigenvalue weighted by Gasteiger charge is 2.11. The van der Waals surface area contributed by atoms with Gasteiger partial charge in [-0.25, -0.2) is 19.7 Å². The lowest BCUT2D eigenvalue weighted by atomic mass is 10.2. The van der Waals surface area contributed by atoms with Gasteiger partial charge in [0.15, 0.2) is 5.82 Å². The van der Waals surface area contributed by atoms with Crippen LogP contribution in [0.25, 0.3) is 11.5 Å². The van der Waals surface area contributed by atoms with Crippen molar-refractivity contribution in [3.8, 4) is 11.5 Å². The highest BCUT2D eigenvalue weighted by molar-refractivity contribution is 5.88. The summed E-state index contributed by atoms with van der Waals surface area (Å²) in [4.78, 5) is 23.3. The Hall–Kier alpha value is -2.30. The molecule has 0 atom stereocenters. The minimum absolute atomic E-state index is 0.112. The van der Waals surface area contributed by atoms with E-state index in [0.29, 0.717) is 17.2 Å². The van der Waals surface area contributed by atoms with Gasteiger partial charge in [-0.15, -0.1) is 0 Å². The van der Waals surface area contributed by atoms with Crippen LogP contribution < -0.4 is 0 Å². The predicted molar refractivity (Wildman–Crippen MR) is 61.7 cm³/mol. The molecule has 0 amide bonds. The average Bonchev–Trinajstić information content (AvgIpc) is 2.28. The van der Waals surface area contributed by atoms with Gasteiger partial charge in [0, 0.05) is 11.9 Å². The van der Waals surface area contributed by atoms with E-state index < -0.39 is 5.97 Å². The molecule has 2 aromatic heterocycles. The first kappa shape index (κ1) is 11.2. The van der Waals surface area contributed by atoms with Crippen LogP contribution in [0.15, 0.2) is 24.4 Å². The molecule has 0 aliphatic carbocycles. The number of carbonyl (C=O) groups is 1. The SMILES string of the molecule is Cc1cccc(-c2ncc(C(=O)O)c(C)n2)n1. The number of carboxylic acids is 1. The molecule has 2 aromatic rings. The second-order valence-corrected chi connectivity index (χ2v) is 3.66. The fourth-order valence-corrected chi connectivity index (χ4v) is 1.47. The second-order valence-electron chi connectivity index (χ2n) is 3.66. The molecule has 0 saturated heterocycles. The van der Waals surface area contributed by atoms with Crippen LogP contribution in [0, 0.1) is 13.8 Å². The van der Waals surface area contributed by atoms with Gasteiger partial charge >= 0.3 is 5.97 Å². The van der Waals surface area contributed by atoms with Gasteiger partial charge in [0.2, 0.25) is 0 Å². The van der Waals surface area contributed by atoms with Crippen LogP contribution in [0.2, 0.25) is 0 Å². The number of carboxylic acid groups (broad SMARTS) is 1. The van der Waals surface area contributed by atoms with Gasteiger partial charge < -0.3 is 5.11 Å². The fraction of sp³-hybridized carbons (Fsp3) is 0.167.